The number of nitrogens with two attached hydrogens (primary N) is 1. The summed E-state index contributed by atoms with van der Waals surface area (Å²) in [5, 5.41) is 3.01. The predicted molar refractivity (Wildman–Crippen MR) is 89.3 cm³/mol. The van der Waals surface area contributed by atoms with Crippen LogP contribution in [-0.2, 0) is 9.59 Å². The second-order valence-electron chi connectivity index (χ2n) is 7.44. The molecule has 1 aliphatic heterocycles. The maximum atomic E-state index is 12.4. The first-order valence-electron chi connectivity index (χ1n) is 8.59. The molecule has 0 bridgehead atoms. The summed E-state index contributed by atoms with van der Waals surface area (Å²) in [6.45, 7) is 10.1. The van der Waals surface area contributed by atoms with Crippen LogP contribution in [0.3, 0.4) is 0 Å². The van der Waals surface area contributed by atoms with Crippen molar-refractivity contribution < 1.29 is 9.59 Å². The van der Waals surface area contributed by atoms with Crippen LogP contribution in [0.25, 0.3) is 0 Å². The quantitative estimate of drug-likeness (QED) is 0.736. The lowest BCUT2D eigenvalue weighted by atomic mass is 9.85. The summed E-state index contributed by atoms with van der Waals surface area (Å²) in [5.74, 6) is 0.189. The van der Waals surface area contributed by atoms with Crippen LogP contribution in [-0.4, -0.2) is 42.4 Å². The van der Waals surface area contributed by atoms with Gasteiger partial charge in [-0.1, -0.05) is 40.5 Å². The molecule has 1 saturated heterocycles. The first-order chi connectivity index (χ1) is 10.3. The molecule has 0 aromatic carbocycles. The molecule has 3 N–H and O–H groups in total. The number of likely N-dealkylation sites (tertiary alicyclic amines) is 1. The van der Waals surface area contributed by atoms with E-state index in [4.69, 9.17) is 5.73 Å². The van der Waals surface area contributed by atoms with E-state index in [9.17, 15) is 9.59 Å². The third-order valence-electron chi connectivity index (χ3n) is 4.46. The second kappa shape index (κ2) is 8.51. The maximum Gasteiger partial charge on any atom is 0.240 e. The third kappa shape index (κ3) is 5.59. The summed E-state index contributed by atoms with van der Waals surface area (Å²) in [6.07, 6.45) is 4.83. The Labute approximate surface area is 135 Å². The Morgan fingerprint density at radius 2 is 1.82 bits per heavy atom. The zero-order valence-corrected chi connectivity index (χ0v) is 14.7. The number of hydrogen-bond donors (Lipinski definition) is 2. The van der Waals surface area contributed by atoms with Gasteiger partial charge >= 0.3 is 0 Å². The number of carbonyl (C=O) groups is 2. The van der Waals surface area contributed by atoms with E-state index in [-0.39, 0.29) is 23.1 Å². The smallest absolute Gasteiger partial charge is 0.240 e. The summed E-state index contributed by atoms with van der Waals surface area (Å²) in [7, 11) is 0. The highest BCUT2D eigenvalue weighted by Crippen LogP contribution is 2.23. The van der Waals surface area contributed by atoms with Gasteiger partial charge in [0.05, 0.1) is 6.04 Å². The van der Waals surface area contributed by atoms with Crippen molar-refractivity contribution in [1.82, 2.24) is 10.2 Å². The fourth-order valence-electron chi connectivity index (χ4n) is 2.66. The molecule has 0 spiro atoms. The van der Waals surface area contributed by atoms with Crippen LogP contribution in [0.5, 0.6) is 0 Å². The monoisotopic (exact) mass is 311 g/mol. The molecule has 1 aliphatic rings. The van der Waals surface area contributed by atoms with Gasteiger partial charge in [-0.3, -0.25) is 9.59 Å². The second-order valence-corrected chi connectivity index (χ2v) is 7.44. The highest BCUT2D eigenvalue weighted by Gasteiger charge is 2.34. The van der Waals surface area contributed by atoms with E-state index < -0.39 is 6.04 Å². The van der Waals surface area contributed by atoms with Gasteiger partial charge in [0.15, 0.2) is 0 Å². The Morgan fingerprint density at radius 3 is 2.32 bits per heavy atom. The van der Waals surface area contributed by atoms with Crippen molar-refractivity contribution in [3.05, 3.63) is 0 Å². The van der Waals surface area contributed by atoms with Gasteiger partial charge in [-0.05, 0) is 24.7 Å². The molecular weight excluding hydrogens is 278 g/mol. The number of piperidine rings is 1. The molecule has 0 unspecified atom stereocenters. The average molecular weight is 311 g/mol. The van der Waals surface area contributed by atoms with Gasteiger partial charge in [-0.2, -0.15) is 0 Å². The molecule has 0 aromatic rings. The molecule has 1 heterocycles. The molecule has 5 nitrogen and oxygen atoms in total. The van der Waals surface area contributed by atoms with Gasteiger partial charge in [-0.25, -0.2) is 0 Å². The zero-order chi connectivity index (χ0) is 16.8. The fraction of sp³-hybridized carbons (Fsp3) is 0.882. The lowest BCUT2D eigenvalue weighted by molar-refractivity contribution is -0.138. The van der Waals surface area contributed by atoms with E-state index >= 15 is 0 Å². The lowest BCUT2D eigenvalue weighted by Crippen LogP contribution is -2.53. The largest absolute Gasteiger partial charge is 0.356 e. The van der Waals surface area contributed by atoms with Crippen LogP contribution >= 0.6 is 0 Å². The Balaban J connectivity index is 2.37. The van der Waals surface area contributed by atoms with Gasteiger partial charge in [-0.15, -0.1) is 0 Å². The summed E-state index contributed by atoms with van der Waals surface area (Å²) in [6, 6.07) is -0.480. The topological polar surface area (TPSA) is 75.4 Å². The van der Waals surface area contributed by atoms with E-state index in [1.54, 1.807) is 0 Å². The minimum Gasteiger partial charge on any atom is -0.356 e. The molecule has 22 heavy (non-hydrogen) atoms. The first kappa shape index (κ1) is 18.9. The van der Waals surface area contributed by atoms with Crippen LogP contribution in [0.1, 0.15) is 59.8 Å². The molecule has 5 heteroatoms. The van der Waals surface area contributed by atoms with E-state index in [0.717, 1.165) is 38.6 Å². The molecular formula is C17H33N3O2. The number of nitrogens with zero attached hydrogens (tertiary/aromatic N) is 1. The Morgan fingerprint density at radius 1 is 1.23 bits per heavy atom. The molecule has 1 rings (SSSR count). The Kier molecular flexibility index (Phi) is 7.33. The minimum atomic E-state index is -0.480. The molecule has 0 aromatic heterocycles. The molecule has 1 atom stereocenters. The number of amides is 2. The highest BCUT2D eigenvalue weighted by molar-refractivity contribution is 5.83. The van der Waals surface area contributed by atoms with E-state index in [0.29, 0.717) is 13.1 Å². The van der Waals surface area contributed by atoms with Crippen molar-refractivity contribution in [2.45, 2.75) is 65.8 Å². The summed E-state index contributed by atoms with van der Waals surface area (Å²) in [4.78, 5) is 26.3. The van der Waals surface area contributed by atoms with Crippen LogP contribution in [0.4, 0.5) is 0 Å². The highest BCUT2D eigenvalue weighted by atomic mass is 16.2. The van der Waals surface area contributed by atoms with Gasteiger partial charge in [0.25, 0.3) is 0 Å². The zero-order valence-electron chi connectivity index (χ0n) is 14.7. The standard InChI is InChI=1S/C17H33N3O2/c1-5-6-7-10-19-15(21)13-8-11-20(12-9-13)16(22)14(18)17(2,3)4/h13-14H,5-12,18H2,1-4H3,(H,19,21)/t14-/m1/s1. The van der Waals surface area contributed by atoms with Crippen LogP contribution in [0.15, 0.2) is 0 Å². The fourth-order valence-corrected chi connectivity index (χ4v) is 2.66. The number of carbonyl (C=O) groups excluding carboxylic acids is 2. The third-order valence-corrected chi connectivity index (χ3v) is 4.46. The predicted octanol–water partition coefficient (Wildman–Crippen LogP) is 1.90. The van der Waals surface area contributed by atoms with Crippen molar-refractivity contribution >= 4 is 11.8 Å². The van der Waals surface area contributed by atoms with Crippen molar-refractivity contribution in [2.24, 2.45) is 17.1 Å². The molecule has 0 saturated carbocycles. The van der Waals surface area contributed by atoms with Crippen LogP contribution < -0.4 is 11.1 Å². The summed E-state index contributed by atoms with van der Waals surface area (Å²) < 4.78 is 0. The first-order valence-corrected chi connectivity index (χ1v) is 8.59. The number of hydrogen-bond acceptors (Lipinski definition) is 3. The molecule has 1 fully saturated rings. The number of unbranched alkanes of at least 4 members (excludes halogenated alkanes) is 2. The number of rotatable bonds is 6. The van der Waals surface area contributed by atoms with Crippen molar-refractivity contribution in [1.29, 1.82) is 0 Å². The van der Waals surface area contributed by atoms with E-state index in [1.807, 2.05) is 25.7 Å². The SMILES string of the molecule is CCCCCNC(=O)C1CCN(C(=O)[C@@H](N)C(C)(C)C)CC1. The van der Waals surface area contributed by atoms with Crippen LogP contribution in [0.2, 0.25) is 0 Å². The Hall–Kier alpha value is -1.10. The molecule has 128 valence electrons. The summed E-state index contributed by atoms with van der Waals surface area (Å²) >= 11 is 0. The van der Waals surface area contributed by atoms with Gasteiger partial charge < -0.3 is 16.0 Å². The average Bonchev–Trinajstić information content (AvgIpc) is 2.49. The van der Waals surface area contributed by atoms with Crippen molar-refractivity contribution in [3.8, 4) is 0 Å². The Bertz CT molecular complexity index is 369. The molecule has 0 radical (unpaired) electrons. The molecule has 0 aliphatic carbocycles. The van der Waals surface area contributed by atoms with Crippen LogP contribution in [0, 0.1) is 11.3 Å². The molecule has 2 amide bonds. The van der Waals surface area contributed by atoms with Crippen molar-refractivity contribution in [3.63, 3.8) is 0 Å². The lowest BCUT2D eigenvalue weighted by Gasteiger charge is -2.36. The van der Waals surface area contributed by atoms with Gasteiger partial charge in [0.1, 0.15) is 0 Å². The van der Waals surface area contributed by atoms with Crippen molar-refractivity contribution in [2.75, 3.05) is 19.6 Å². The van der Waals surface area contributed by atoms with E-state index in [1.165, 1.54) is 0 Å². The van der Waals surface area contributed by atoms with E-state index in [2.05, 4.69) is 12.2 Å². The van der Waals surface area contributed by atoms with Gasteiger partial charge in [0.2, 0.25) is 11.8 Å². The van der Waals surface area contributed by atoms with Gasteiger partial charge in [0, 0.05) is 25.6 Å². The summed E-state index contributed by atoms with van der Waals surface area (Å²) in [5.41, 5.74) is 5.81. The normalized spacial score (nSPS) is 18.1. The number of nitrogens with one attached hydrogen (secondary N) is 1. The minimum absolute atomic E-state index is 0.00861. The maximum absolute atomic E-state index is 12.4.